The minimum absolute atomic E-state index is 0.300. The zero-order valence-corrected chi connectivity index (χ0v) is 13.1. The summed E-state index contributed by atoms with van der Waals surface area (Å²) in [6, 6.07) is 7.18. The number of hydrogen-bond donors (Lipinski definition) is 0. The maximum absolute atomic E-state index is 6.20. The predicted molar refractivity (Wildman–Crippen MR) is 82.4 cm³/mol. The predicted octanol–water partition coefficient (Wildman–Crippen LogP) is 5.03. The number of benzene rings is 1. The van der Waals surface area contributed by atoms with Crippen molar-refractivity contribution in [2.45, 2.75) is 20.0 Å². The van der Waals surface area contributed by atoms with E-state index in [1.807, 2.05) is 19.1 Å². The molecule has 0 radical (unpaired) electrons. The molecule has 0 N–H and O–H groups in total. The monoisotopic (exact) mass is 330 g/mol. The number of rotatable bonds is 5. The lowest BCUT2D eigenvalue weighted by Crippen LogP contribution is -2.02. The summed E-state index contributed by atoms with van der Waals surface area (Å²) < 4.78 is 5.38. The van der Waals surface area contributed by atoms with Gasteiger partial charge in [-0.1, -0.05) is 53.9 Å². The molecule has 1 heterocycles. The molecule has 0 aliphatic rings. The smallest absolute Gasteiger partial charge is 0.157 e. The van der Waals surface area contributed by atoms with E-state index in [1.54, 1.807) is 12.1 Å². The second-order valence-electron chi connectivity index (χ2n) is 4.16. The van der Waals surface area contributed by atoms with Gasteiger partial charge < -0.3 is 4.74 Å². The first kappa shape index (κ1) is 15.5. The van der Waals surface area contributed by atoms with Crippen molar-refractivity contribution in [3.63, 3.8) is 0 Å². The summed E-state index contributed by atoms with van der Waals surface area (Å²) in [6.45, 7) is 2.98. The Hall–Kier alpha value is -0.870. The molecule has 2 aromatic rings. The van der Waals surface area contributed by atoms with Crippen LogP contribution < -0.4 is 0 Å². The Morgan fingerprint density at radius 2 is 1.60 bits per heavy atom. The average molecular weight is 332 g/mol. The van der Waals surface area contributed by atoms with E-state index in [2.05, 4.69) is 9.97 Å². The lowest BCUT2D eigenvalue weighted by atomic mass is 10.1. The summed E-state index contributed by atoms with van der Waals surface area (Å²) in [4.78, 5) is 8.43. The van der Waals surface area contributed by atoms with E-state index in [4.69, 9.17) is 39.5 Å². The minimum atomic E-state index is 0.300. The lowest BCUT2D eigenvalue weighted by Gasteiger charge is -2.09. The van der Waals surface area contributed by atoms with Crippen LogP contribution in [0.3, 0.4) is 0 Å². The van der Waals surface area contributed by atoms with Crippen LogP contribution in [0, 0.1) is 0 Å². The molecule has 106 valence electrons. The van der Waals surface area contributed by atoms with Gasteiger partial charge in [-0.3, -0.25) is 0 Å². The first-order valence-electron chi connectivity index (χ1n) is 6.17. The van der Waals surface area contributed by atoms with Gasteiger partial charge in [-0.2, -0.15) is 0 Å². The second-order valence-corrected chi connectivity index (χ2v) is 5.31. The SMILES string of the molecule is CCCOCc1nc(Cl)c(-c2ccc(Cl)cc2)c(Cl)n1. The standard InChI is InChI=1S/C14H13Cl3N2O/c1-2-7-20-8-11-18-13(16)12(14(17)19-11)9-3-5-10(15)6-4-9/h3-6H,2,7-8H2,1H3. The van der Waals surface area contributed by atoms with Crippen LogP contribution in [-0.4, -0.2) is 16.6 Å². The van der Waals surface area contributed by atoms with Gasteiger partial charge in [0.2, 0.25) is 0 Å². The van der Waals surface area contributed by atoms with Gasteiger partial charge in [0.25, 0.3) is 0 Å². The fourth-order valence-electron chi connectivity index (χ4n) is 1.68. The fraction of sp³-hybridized carbons (Fsp3) is 0.286. The molecule has 0 unspecified atom stereocenters. The number of aromatic nitrogens is 2. The Balaban J connectivity index is 2.29. The fourth-order valence-corrected chi connectivity index (χ4v) is 2.44. The van der Waals surface area contributed by atoms with E-state index in [9.17, 15) is 0 Å². The topological polar surface area (TPSA) is 35.0 Å². The van der Waals surface area contributed by atoms with Crippen LogP contribution in [0.25, 0.3) is 11.1 Å². The molecule has 0 saturated heterocycles. The van der Waals surface area contributed by atoms with E-state index in [1.165, 1.54) is 0 Å². The van der Waals surface area contributed by atoms with Crippen LogP contribution in [0.1, 0.15) is 19.2 Å². The molecule has 1 aromatic carbocycles. The van der Waals surface area contributed by atoms with Crippen LogP contribution in [0.5, 0.6) is 0 Å². The van der Waals surface area contributed by atoms with Crippen LogP contribution in [0.2, 0.25) is 15.3 Å². The molecule has 0 fully saturated rings. The summed E-state index contributed by atoms with van der Waals surface area (Å²) in [7, 11) is 0. The molecule has 0 bridgehead atoms. The van der Waals surface area contributed by atoms with Gasteiger partial charge in [-0.05, 0) is 24.1 Å². The quantitative estimate of drug-likeness (QED) is 0.569. The molecule has 1 aromatic heterocycles. The normalized spacial score (nSPS) is 10.8. The zero-order chi connectivity index (χ0) is 14.5. The number of ether oxygens (including phenoxy) is 1. The van der Waals surface area contributed by atoms with Gasteiger partial charge in [-0.15, -0.1) is 0 Å². The maximum Gasteiger partial charge on any atom is 0.157 e. The van der Waals surface area contributed by atoms with Gasteiger partial charge in [0.15, 0.2) is 5.82 Å². The molecule has 2 rings (SSSR count). The summed E-state index contributed by atoms with van der Waals surface area (Å²) in [5.74, 6) is 0.478. The van der Waals surface area contributed by atoms with Crippen molar-refractivity contribution in [3.05, 3.63) is 45.4 Å². The van der Waals surface area contributed by atoms with E-state index in [0.717, 1.165) is 12.0 Å². The van der Waals surface area contributed by atoms with Crippen molar-refractivity contribution in [1.29, 1.82) is 0 Å². The Morgan fingerprint density at radius 3 is 2.15 bits per heavy atom. The molecule has 6 heteroatoms. The highest BCUT2D eigenvalue weighted by atomic mass is 35.5. The third kappa shape index (κ3) is 3.83. The molecule has 0 atom stereocenters. The van der Waals surface area contributed by atoms with Crippen molar-refractivity contribution in [2.24, 2.45) is 0 Å². The van der Waals surface area contributed by atoms with Gasteiger partial charge in [0.1, 0.15) is 16.9 Å². The third-order valence-corrected chi connectivity index (χ3v) is 3.38. The summed E-state index contributed by atoms with van der Waals surface area (Å²) in [5, 5.41) is 1.26. The Kier molecular flexibility index (Phi) is 5.61. The largest absolute Gasteiger partial charge is 0.373 e. The Morgan fingerprint density at radius 1 is 1.00 bits per heavy atom. The Labute approximate surface area is 132 Å². The minimum Gasteiger partial charge on any atom is -0.373 e. The lowest BCUT2D eigenvalue weighted by molar-refractivity contribution is 0.116. The first-order chi connectivity index (χ1) is 9.61. The number of halogens is 3. The van der Waals surface area contributed by atoms with E-state index in [0.29, 0.717) is 39.9 Å². The molecule has 0 amide bonds. The van der Waals surface area contributed by atoms with Crippen LogP contribution >= 0.6 is 34.8 Å². The molecule has 0 saturated carbocycles. The van der Waals surface area contributed by atoms with Crippen molar-refractivity contribution in [3.8, 4) is 11.1 Å². The maximum atomic E-state index is 6.20. The molecule has 0 aliphatic heterocycles. The van der Waals surface area contributed by atoms with Crippen LogP contribution in [-0.2, 0) is 11.3 Å². The van der Waals surface area contributed by atoms with E-state index >= 15 is 0 Å². The van der Waals surface area contributed by atoms with Gasteiger partial charge in [0.05, 0.1) is 5.56 Å². The van der Waals surface area contributed by atoms with Crippen molar-refractivity contribution in [1.82, 2.24) is 9.97 Å². The number of hydrogen-bond acceptors (Lipinski definition) is 3. The highest BCUT2D eigenvalue weighted by molar-refractivity contribution is 6.37. The molecular formula is C14H13Cl3N2O. The highest BCUT2D eigenvalue weighted by Gasteiger charge is 2.13. The summed E-state index contributed by atoms with van der Waals surface area (Å²) >= 11 is 18.3. The first-order valence-corrected chi connectivity index (χ1v) is 7.30. The van der Waals surface area contributed by atoms with E-state index in [-0.39, 0.29) is 0 Å². The van der Waals surface area contributed by atoms with Gasteiger partial charge in [0, 0.05) is 11.6 Å². The summed E-state index contributed by atoms with van der Waals surface area (Å²) in [5.41, 5.74) is 1.43. The van der Waals surface area contributed by atoms with Crippen molar-refractivity contribution >= 4 is 34.8 Å². The van der Waals surface area contributed by atoms with Gasteiger partial charge in [-0.25, -0.2) is 9.97 Å². The molecule has 20 heavy (non-hydrogen) atoms. The number of nitrogens with zero attached hydrogens (tertiary/aromatic N) is 2. The highest BCUT2D eigenvalue weighted by Crippen LogP contribution is 2.33. The van der Waals surface area contributed by atoms with Crippen molar-refractivity contribution in [2.75, 3.05) is 6.61 Å². The summed E-state index contributed by atoms with van der Waals surface area (Å²) in [6.07, 6.45) is 0.935. The van der Waals surface area contributed by atoms with Crippen LogP contribution in [0.4, 0.5) is 0 Å². The zero-order valence-electron chi connectivity index (χ0n) is 10.9. The molecule has 0 spiro atoms. The molecule has 0 aliphatic carbocycles. The van der Waals surface area contributed by atoms with E-state index < -0.39 is 0 Å². The Bertz CT molecular complexity index is 564. The van der Waals surface area contributed by atoms with Crippen LogP contribution in [0.15, 0.2) is 24.3 Å². The average Bonchev–Trinajstić information content (AvgIpc) is 2.40. The molecular weight excluding hydrogens is 319 g/mol. The molecule has 3 nitrogen and oxygen atoms in total. The van der Waals surface area contributed by atoms with Crippen molar-refractivity contribution < 1.29 is 4.74 Å². The van der Waals surface area contributed by atoms with Gasteiger partial charge >= 0.3 is 0 Å². The third-order valence-electron chi connectivity index (χ3n) is 2.58. The second kappa shape index (κ2) is 7.23.